The van der Waals surface area contributed by atoms with E-state index in [0.29, 0.717) is 17.5 Å². The van der Waals surface area contributed by atoms with E-state index in [4.69, 9.17) is 0 Å². The van der Waals surface area contributed by atoms with Crippen LogP contribution in [0, 0.1) is 11.3 Å². The van der Waals surface area contributed by atoms with Crippen molar-refractivity contribution < 1.29 is 4.21 Å². The molecule has 1 heterocycles. The van der Waals surface area contributed by atoms with E-state index in [1.807, 2.05) is 0 Å². The molecular formula is C14H27NOS. The summed E-state index contributed by atoms with van der Waals surface area (Å²) in [4.78, 5) is 0. The number of hydrogen-bond acceptors (Lipinski definition) is 2. The van der Waals surface area contributed by atoms with Crippen LogP contribution in [0.25, 0.3) is 0 Å². The number of rotatable bonds is 2. The standard InChI is InChI=1S/C14H27NOS/c1-11-10-14(2,3)7-4-13(11)15-12-5-8-17(16)9-6-12/h11-13,15H,4-10H2,1-3H3. The summed E-state index contributed by atoms with van der Waals surface area (Å²) in [5.41, 5.74) is 0.533. The van der Waals surface area contributed by atoms with E-state index in [1.165, 1.54) is 19.3 Å². The van der Waals surface area contributed by atoms with E-state index in [2.05, 4.69) is 26.1 Å². The Morgan fingerprint density at radius 2 is 1.82 bits per heavy atom. The first-order chi connectivity index (χ1) is 7.96. The van der Waals surface area contributed by atoms with Crippen molar-refractivity contribution in [3.05, 3.63) is 0 Å². The largest absolute Gasteiger partial charge is 0.311 e. The van der Waals surface area contributed by atoms with Crippen LogP contribution in [-0.2, 0) is 10.8 Å². The Balaban J connectivity index is 1.81. The first-order valence-corrected chi connectivity index (χ1v) is 8.56. The van der Waals surface area contributed by atoms with E-state index in [-0.39, 0.29) is 0 Å². The van der Waals surface area contributed by atoms with Gasteiger partial charge >= 0.3 is 0 Å². The Hall–Kier alpha value is 0.110. The second-order valence-corrected chi connectivity index (χ2v) is 8.48. The first kappa shape index (κ1) is 13.5. The van der Waals surface area contributed by atoms with Gasteiger partial charge in [0, 0.05) is 34.4 Å². The Bertz CT molecular complexity index is 280. The zero-order valence-corrected chi connectivity index (χ0v) is 12.3. The third kappa shape index (κ3) is 3.78. The van der Waals surface area contributed by atoms with Crippen molar-refractivity contribution in [2.75, 3.05) is 11.5 Å². The van der Waals surface area contributed by atoms with E-state index in [9.17, 15) is 4.21 Å². The summed E-state index contributed by atoms with van der Waals surface area (Å²) >= 11 is 0. The van der Waals surface area contributed by atoms with Crippen LogP contribution in [0.15, 0.2) is 0 Å². The highest BCUT2D eigenvalue weighted by Crippen LogP contribution is 2.38. The second kappa shape index (κ2) is 5.40. The van der Waals surface area contributed by atoms with Crippen LogP contribution in [0.1, 0.15) is 52.9 Å². The monoisotopic (exact) mass is 257 g/mol. The summed E-state index contributed by atoms with van der Waals surface area (Å²) in [7, 11) is -0.529. The van der Waals surface area contributed by atoms with Crippen molar-refractivity contribution in [3.63, 3.8) is 0 Å². The van der Waals surface area contributed by atoms with Gasteiger partial charge in [-0.3, -0.25) is 4.21 Å². The molecule has 1 saturated heterocycles. The summed E-state index contributed by atoms with van der Waals surface area (Å²) < 4.78 is 11.3. The summed E-state index contributed by atoms with van der Waals surface area (Å²) in [6.07, 6.45) is 6.21. The Morgan fingerprint density at radius 1 is 1.18 bits per heavy atom. The van der Waals surface area contributed by atoms with Crippen LogP contribution in [0.5, 0.6) is 0 Å². The third-order valence-electron chi connectivity index (χ3n) is 4.53. The van der Waals surface area contributed by atoms with Crippen molar-refractivity contribution >= 4 is 10.8 Å². The van der Waals surface area contributed by atoms with Gasteiger partial charge < -0.3 is 5.32 Å². The average molecular weight is 257 g/mol. The fourth-order valence-corrected chi connectivity index (χ4v) is 4.76. The lowest BCUT2D eigenvalue weighted by Crippen LogP contribution is -2.48. The minimum atomic E-state index is -0.529. The van der Waals surface area contributed by atoms with Crippen molar-refractivity contribution in [2.24, 2.45) is 11.3 Å². The molecule has 1 aliphatic carbocycles. The molecule has 3 heteroatoms. The minimum absolute atomic E-state index is 0.529. The van der Waals surface area contributed by atoms with Crippen LogP contribution in [0.3, 0.4) is 0 Å². The predicted molar refractivity (Wildman–Crippen MR) is 74.6 cm³/mol. The minimum Gasteiger partial charge on any atom is -0.311 e. The van der Waals surface area contributed by atoms with E-state index >= 15 is 0 Å². The van der Waals surface area contributed by atoms with Gasteiger partial charge in [-0.25, -0.2) is 0 Å². The second-order valence-electron chi connectivity index (χ2n) is 6.78. The lowest BCUT2D eigenvalue weighted by molar-refractivity contribution is 0.140. The molecule has 2 nitrogen and oxygen atoms in total. The molecule has 0 radical (unpaired) electrons. The molecule has 1 aliphatic heterocycles. The maximum Gasteiger partial charge on any atom is 0.0249 e. The number of nitrogens with one attached hydrogen (secondary N) is 1. The zero-order valence-electron chi connectivity index (χ0n) is 11.5. The van der Waals surface area contributed by atoms with Gasteiger partial charge in [0.15, 0.2) is 0 Å². The normalized spacial score (nSPS) is 42.3. The van der Waals surface area contributed by atoms with Crippen molar-refractivity contribution in [1.82, 2.24) is 5.32 Å². The van der Waals surface area contributed by atoms with E-state index in [0.717, 1.165) is 30.3 Å². The van der Waals surface area contributed by atoms with Crippen LogP contribution in [0.2, 0.25) is 0 Å². The molecule has 0 amide bonds. The molecule has 1 N–H and O–H groups in total. The van der Waals surface area contributed by atoms with Gasteiger partial charge in [-0.05, 0) is 43.4 Å². The number of hydrogen-bond donors (Lipinski definition) is 1. The summed E-state index contributed by atoms with van der Waals surface area (Å²) in [6.45, 7) is 7.17. The maximum absolute atomic E-state index is 11.3. The molecule has 2 aliphatic rings. The van der Waals surface area contributed by atoms with Crippen LogP contribution in [0.4, 0.5) is 0 Å². The van der Waals surface area contributed by atoms with Gasteiger partial charge in [0.25, 0.3) is 0 Å². The molecule has 0 aromatic rings. The van der Waals surface area contributed by atoms with Gasteiger partial charge in [-0.1, -0.05) is 20.8 Å². The quantitative estimate of drug-likeness (QED) is 0.824. The van der Waals surface area contributed by atoms with Crippen LogP contribution >= 0.6 is 0 Å². The molecule has 100 valence electrons. The molecule has 2 unspecified atom stereocenters. The molecule has 0 aromatic carbocycles. The first-order valence-electron chi connectivity index (χ1n) is 7.07. The maximum atomic E-state index is 11.3. The SMILES string of the molecule is CC1CC(C)(C)CCC1NC1CCS(=O)CC1. The van der Waals surface area contributed by atoms with Crippen molar-refractivity contribution in [3.8, 4) is 0 Å². The van der Waals surface area contributed by atoms with Gasteiger partial charge in [0.1, 0.15) is 0 Å². The molecule has 0 aromatic heterocycles. The molecule has 0 spiro atoms. The molecule has 2 rings (SSSR count). The molecule has 2 atom stereocenters. The highest BCUT2D eigenvalue weighted by Gasteiger charge is 2.33. The van der Waals surface area contributed by atoms with Gasteiger partial charge in [-0.2, -0.15) is 0 Å². The highest BCUT2D eigenvalue weighted by molar-refractivity contribution is 7.85. The highest BCUT2D eigenvalue weighted by atomic mass is 32.2. The van der Waals surface area contributed by atoms with Gasteiger partial charge in [-0.15, -0.1) is 0 Å². The fourth-order valence-electron chi connectivity index (χ4n) is 3.46. The summed E-state index contributed by atoms with van der Waals surface area (Å²) in [5, 5.41) is 3.83. The summed E-state index contributed by atoms with van der Waals surface area (Å²) in [6, 6.07) is 1.32. The lowest BCUT2D eigenvalue weighted by atomic mass is 9.70. The predicted octanol–water partition coefficient (Wildman–Crippen LogP) is 2.70. The molecule has 17 heavy (non-hydrogen) atoms. The zero-order chi connectivity index (χ0) is 12.5. The topological polar surface area (TPSA) is 29.1 Å². The van der Waals surface area contributed by atoms with Crippen LogP contribution < -0.4 is 5.32 Å². The third-order valence-corrected chi connectivity index (χ3v) is 5.91. The van der Waals surface area contributed by atoms with Gasteiger partial charge in [0.05, 0.1) is 0 Å². The Labute approximate surface area is 108 Å². The molecule has 2 fully saturated rings. The Kier molecular flexibility index (Phi) is 4.30. The summed E-state index contributed by atoms with van der Waals surface area (Å²) in [5.74, 6) is 2.60. The van der Waals surface area contributed by atoms with Gasteiger partial charge in [0.2, 0.25) is 0 Å². The van der Waals surface area contributed by atoms with Crippen LogP contribution in [-0.4, -0.2) is 27.8 Å². The van der Waals surface area contributed by atoms with E-state index in [1.54, 1.807) is 0 Å². The average Bonchev–Trinajstić information content (AvgIpc) is 2.24. The fraction of sp³-hybridized carbons (Fsp3) is 1.00. The van der Waals surface area contributed by atoms with E-state index < -0.39 is 10.8 Å². The molecular weight excluding hydrogens is 230 g/mol. The smallest absolute Gasteiger partial charge is 0.0249 e. The molecule has 0 bridgehead atoms. The lowest BCUT2D eigenvalue weighted by Gasteiger charge is -2.41. The van der Waals surface area contributed by atoms with Crippen molar-refractivity contribution in [2.45, 2.75) is 65.0 Å². The molecule has 1 saturated carbocycles. The van der Waals surface area contributed by atoms with Crippen molar-refractivity contribution in [1.29, 1.82) is 0 Å². The Morgan fingerprint density at radius 3 is 2.41 bits per heavy atom.